The van der Waals surface area contributed by atoms with Crippen molar-refractivity contribution in [3.8, 4) is 0 Å². The fraction of sp³-hybridized carbons (Fsp3) is 0.200. The van der Waals surface area contributed by atoms with Crippen LogP contribution in [0.5, 0.6) is 0 Å². The number of hydrogen-bond donors (Lipinski definition) is 3. The molecule has 0 spiro atoms. The molecule has 0 aliphatic carbocycles. The molecule has 3 N–H and O–H groups in total. The maximum Gasteiger partial charge on any atom is 0.286 e. The van der Waals surface area contributed by atoms with E-state index >= 15 is 0 Å². The van der Waals surface area contributed by atoms with Crippen LogP contribution in [-0.4, -0.2) is 31.0 Å². The van der Waals surface area contributed by atoms with Crippen molar-refractivity contribution in [1.82, 2.24) is 15.8 Å². The lowest BCUT2D eigenvalue weighted by atomic mass is 10.2. The molecule has 2 rings (SSSR count). The van der Waals surface area contributed by atoms with Crippen molar-refractivity contribution in [3.05, 3.63) is 53.9 Å². The molecule has 0 unspecified atom stereocenters. The number of amides is 2. The Morgan fingerprint density at radius 1 is 1.09 bits per heavy atom. The van der Waals surface area contributed by atoms with Gasteiger partial charge in [0.2, 0.25) is 5.91 Å². The highest BCUT2D eigenvalue weighted by molar-refractivity contribution is 7.91. The van der Waals surface area contributed by atoms with E-state index in [1.807, 2.05) is 6.92 Å². The van der Waals surface area contributed by atoms with Gasteiger partial charge in [-0.1, -0.05) is 17.7 Å². The first kappa shape index (κ1) is 16.8. The van der Waals surface area contributed by atoms with Gasteiger partial charge >= 0.3 is 0 Å². The van der Waals surface area contributed by atoms with Gasteiger partial charge in [0.1, 0.15) is 5.69 Å². The predicted molar refractivity (Wildman–Crippen MR) is 84.3 cm³/mol. The Hall–Kier alpha value is -2.61. The topological polar surface area (TPSA) is 108 Å². The lowest BCUT2D eigenvalue weighted by molar-refractivity contribution is -0.121. The first-order valence-corrected chi connectivity index (χ1v) is 8.56. The molecular formula is C15H17N3O4S. The van der Waals surface area contributed by atoms with Gasteiger partial charge < -0.3 is 4.98 Å². The number of benzene rings is 1. The smallest absolute Gasteiger partial charge is 0.286 e. The zero-order valence-electron chi connectivity index (χ0n) is 12.5. The van der Waals surface area contributed by atoms with E-state index < -0.39 is 21.7 Å². The van der Waals surface area contributed by atoms with Gasteiger partial charge in [-0.2, -0.15) is 0 Å². The van der Waals surface area contributed by atoms with Crippen LogP contribution in [-0.2, 0) is 14.6 Å². The second-order valence-corrected chi connectivity index (χ2v) is 7.08. The number of aromatic nitrogens is 1. The van der Waals surface area contributed by atoms with E-state index in [-0.39, 0.29) is 22.8 Å². The molecule has 2 amide bonds. The van der Waals surface area contributed by atoms with E-state index in [9.17, 15) is 18.0 Å². The van der Waals surface area contributed by atoms with Gasteiger partial charge in [-0.3, -0.25) is 20.4 Å². The quantitative estimate of drug-likeness (QED) is 0.707. The Balaban J connectivity index is 1.84. The van der Waals surface area contributed by atoms with Gasteiger partial charge in [0.15, 0.2) is 9.84 Å². The highest BCUT2D eigenvalue weighted by Crippen LogP contribution is 2.12. The molecule has 0 atom stereocenters. The Kier molecular flexibility index (Phi) is 5.17. The number of rotatable bonds is 5. The zero-order valence-corrected chi connectivity index (χ0v) is 13.3. The summed E-state index contributed by atoms with van der Waals surface area (Å²) in [6, 6.07) is 9.60. The van der Waals surface area contributed by atoms with E-state index in [2.05, 4.69) is 15.8 Å². The number of aryl methyl sites for hydroxylation is 1. The number of carbonyl (C=O) groups excluding carboxylic acids is 2. The van der Waals surface area contributed by atoms with Gasteiger partial charge in [-0.25, -0.2) is 8.42 Å². The SMILES string of the molecule is Cc1ccc(S(=O)(=O)CCC(=O)NNC(=O)c2ccc[nH]2)cc1. The van der Waals surface area contributed by atoms with Crippen LogP contribution >= 0.6 is 0 Å². The largest absolute Gasteiger partial charge is 0.357 e. The number of hydrogen-bond acceptors (Lipinski definition) is 4. The fourth-order valence-electron chi connectivity index (χ4n) is 1.82. The Bertz CT molecular complexity index is 781. The fourth-order valence-corrected chi connectivity index (χ4v) is 3.06. The first-order chi connectivity index (χ1) is 10.9. The third kappa shape index (κ3) is 4.68. The molecule has 1 aromatic heterocycles. The van der Waals surface area contributed by atoms with E-state index in [0.29, 0.717) is 0 Å². The van der Waals surface area contributed by atoms with Crippen molar-refractivity contribution in [1.29, 1.82) is 0 Å². The van der Waals surface area contributed by atoms with Crippen molar-refractivity contribution in [2.45, 2.75) is 18.2 Å². The van der Waals surface area contributed by atoms with Crippen LogP contribution in [0.1, 0.15) is 22.5 Å². The van der Waals surface area contributed by atoms with E-state index in [1.165, 1.54) is 12.1 Å². The summed E-state index contributed by atoms with van der Waals surface area (Å²) < 4.78 is 24.2. The van der Waals surface area contributed by atoms with Crippen LogP contribution in [0.4, 0.5) is 0 Å². The van der Waals surface area contributed by atoms with Crippen LogP contribution in [0, 0.1) is 6.92 Å². The van der Waals surface area contributed by atoms with Crippen LogP contribution in [0.3, 0.4) is 0 Å². The second kappa shape index (κ2) is 7.10. The standard InChI is InChI=1S/C15H17N3O4S/c1-11-4-6-12(7-5-11)23(21,22)10-8-14(19)17-18-15(20)13-3-2-9-16-13/h2-7,9,16H,8,10H2,1H3,(H,17,19)(H,18,20). The normalized spacial score (nSPS) is 11.0. The van der Waals surface area contributed by atoms with Gasteiger partial charge in [-0.05, 0) is 31.2 Å². The van der Waals surface area contributed by atoms with Gasteiger partial charge in [0.25, 0.3) is 5.91 Å². The molecule has 7 nitrogen and oxygen atoms in total. The molecule has 0 aliphatic rings. The minimum Gasteiger partial charge on any atom is -0.357 e. The van der Waals surface area contributed by atoms with Crippen LogP contribution in [0.15, 0.2) is 47.5 Å². The Labute approximate surface area is 134 Å². The van der Waals surface area contributed by atoms with Gasteiger partial charge in [0, 0.05) is 12.6 Å². The molecule has 0 aliphatic heterocycles. The van der Waals surface area contributed by atoms with E-state index in [0.717, 1.165) is 5.56 Å². The summed E-state index contributed by atoms with van der Waals surface area (Å²) in [7, 11) is -3.53. The Morgan fingerprint density at radius 2 is 1.78 bits per heavy atom. The highest BCUT2D eigenvalue weighted by Gasteiger charge is 2.16. The number of H-pyrrole nitrogens is 1. The molecule has 0 bridgehead atoms. The van der Waals surface area contributed by atoms with Gasteiger partial charge in [0.05, 0.1) is 10.6 Å². The van der Waals surface area contributed by atoms with Crippen LogP contribution < -0.4 is 10.9 Å². The summed E-state index contributed by atoms with van der Waals surface area (Å²) in [6.07, 6.45) is 1.33. The molecule has 0 fully saturated rings. The summed E-state index contributed by atoms with van der Waals surface area (Å²) >= 11 is 0. The molecule has 8 heteroatoms. The molecule has 2 aromatic rings. The molecule has 122 valence electrons. The Morgan fingerprint density at radius 3 is 2.39 bits per heavy atom. The zero-order chi connectivity index (χ0) is 16.9. The van der Waals surface area contributed by atoms with Crippen molar-refractivity contribution >= 4 is 21.7 Å². The van der Waals surface area contributed by atoms with E-state index in [1.54, 1.807) is 30.5 Å². The van der Waals surface area contributed by atoms with Crippen molar-refractivity contribution in [2.75, 3.05) is 5.75 Å². The molecule has 0 radical (unpaired) electrons. The van der Waals surface area contributed by atoms with Crippen LogP contribution in [0.2, 0.25) is 0 Å². The lowest BCUT2D eigenvalue weighted by Gasteiger charge is -2.07. The summed E-state index contributed by atoms with van der Waals surface area (Å²) in [5, 5.41) is 0. The van der Waals surface area contributed by atoms with Crippen molar-refractivity contribution in [2.24, 2.45) is 0 Å². The van der Waals surface area contributed by atoms with Crippen molar-refractivity contribution in [3.63, 3.8) is 0 Å². The summed E-state index contributed by atoms with van der Waals surface area (Å²) in [6.45, 7) is 1.86. The molecular weight excluding hydrogens is 318 g/mol. The molecule has 23 heavy (non-hydrogen) atoms. The average molecular weight is 335 g/mol. The van der Waals surface area contributed by atoms with Crippen molar-refractivity contribution < 1.29 is 18.0 Å². The van der Waals surface area contributed by atoms with Crippen LogP contribution in [0.25, 0.3) is 0 Å². The maximum absolute atomic E-state index is 12.1. The highest BCUT2D eigenvalue weighted by atomic mass is 32.2. The average Bonchev–Trinajstić information content (AvgIpc) is 3.05. The van der Waals surface area contributed by atoms with E-state index in [4.69, 9.17) is 0 Å². The number of hydrazine groups is 1. The third-order valence-corrected chi connectivity index (χ3v) is 4.87. The third-order valence-electron chi connectivity index (χ3n) is 3.14. The summed E-state index contributed by atoms with van der Waals surface area (Å²) in [5.41, 5.74) is 5.63. The lowest BCUT2D eigenvalue weighted by Crippen LogP contribution is -2.42. The predicted octanol–water partition coefficient (Wildman–Crippen LogP) is 0.948. The first-order valence-electron chi connectivity index (χ1n) is 6.90. The number of carbonyl (C=O) groups is 2. The molecule has 1 heterocycles. The summed E-state index contributed by atoms with van der Waals surface area (Å²) in [4.78, 5) is 26.1. The second-order valence-electron chi connectivity index (χ2n) is 4.97. The number of aromatic amines is 1. The molecule has 0 saturated heterocycles. The molecule has 1 aromatic carbocycles. The molecule has 0 saturated carbocycles. The maximum atomic E-state index is 12.1. The summed E-state index contributed by atoms with van der Waals surface area (Å²) in [5.74, 6) is -1.43. The number of nitrogens with one attached hydrogen (secondary N) is 3. The van der Waals surface area contributed by atoms with Gasteiger partial charge in [-0.15, -0.1) is 0 Å². The minimum atomic E-state index is -3.53. The minimum absolute atomic E-state index is 0.173. The number of sulfone groups is 1. The monoisotopic (exact) mass is 335 g/mol.